The third-order valence-corrected chi connectivity index (χ3v) is 8.16. The van der Waals surface area contributed by atoms with Gasteiger partial charge in [0, 0.05) is 44.4 Å². The Labute approximate surface area is 236 Å². The standard InChI is InChI=1S/C34H38N2O4/c1-2-3-4-11-18-35-28-19-25(23-12-7-5-8-13-23)20-30(38)33(28)29(37)17-16-27-34-31(39)21-26(22-32(34)40-36-27)24-14-9-6-10-15-24/h5-10,12-15,25-26,37H,2-4,11,16-22H2,1H3/b33-29-,35-28?. The fraction of sp³-hybridized carbons (Fsp3) is 0.412. The van der Waals surface area contributed by atoms with Crippen LogP contribution in [0.2, 0.25) is 0 Å². The van der Waals surface area contributed by atoms with Crippen molar-refractivity contribution in [2.45, 2.75) is 83.0 Å². The summed E-state index contributed by atoms with van der Waals surface area (Å²) >= 11 is 0. The Morgan fingerprint density at radius 1 is 0.875 bits per heavy atom. The Hall–Kier alpha value is -3.80. The average Bonchev–Trinajstić information content (AvgIpc) is 3.40. The van der Waals surface area contributed by atoms with E-state index in [2.05, 4.69) is 24.2 Å². The highest BCUT2D eigenvalue weighted by Crippen LogP contribution is 2.36. The molecule has 1 fully saturated rings. The number of carbonyl (C=O) groups excluding carboxylic acids is 2. The number of ketones is 2. The predicted molar refractivity (Wildman–Crippen MR) is 156 cm³/mol. The van der Waals surface area contributed by atoms with Crippen molar-refractivity contribution in [1.29, 1.82) is 0 Å². The number of unbranched alkanes of at least 4 members (excludes halogenated alkanes) is 3. The Bertz CT molecular complexity index is 1390. The fourth-order valence-corrected chi connectivity index (χ4v) is 6.01. The smallest absolute Gasteiger partial charge is 0.168 e. The molecule has 1 heterocycles. The van der Waals surface area contributed by atoms with Crippen molar-refractivity contribution in [3.05, 3.63) is 100 Å². The summed E-state index contributed by atoms with van der Waals surface area (Å²) in [6.07, 6.45) is 6.92. The van der Waals surface area contributed by atoms with E-state index in [1.54, 1.807) is 0 Å². The van der Waals surface area contributed by atoms with Crippen LogP contribution in [0.1, 0.15) is 103 Å². The van der Waals surface area contributed by atoms with Gasteiger partial charge in [0.25, 0.3) is 0 Å². The van der Waals surface area contributed by atoms with E-state index in [0.29, 0.717) is 67.0 Å². The molecular formula is C34H38N2O4. The van der Waals surface area contributed by atoms with Crippen LogP contribution in [0.5, 0.6) is 0 Å². The number of Topliss-reactive ketones (excluding diaryl/α,β-unsaturated/α-hetero) is 2. The summed E-state index contributed by atoms with van der Waals surface area (Å²) in [5, 5.41) is 15.4. The minimum atomic E-state index is -0.0751. The zero-order valence-electron chi connectivity index (χ0n) is 23.3. The van der Waals surface area contributed by atoms with Crippen LogP contribution in [0.3, 0.4) is 0 Å². The highest BCUT2D eigenvalue weighted by molar-refractivity contribution is 6.24. The van der Waals surface area contributed by atoms with Crippen LogP contribution in [0.4, 0.5) is 0 Å². The monoisotopic (exact) mass is 538 g/mol. The molecule has 2 aliphatic carbocycles. The van der Waals surface area contributed by atoms with Gasteiger partial charge in [0.05, 0.1) is 16.8 Å². The molecule has 5 rings (SSSR count). The van der Waals surface area contributed by atoms with Crippen molar-refractivity contribution in [3.63, 3.8) is 0 Å². The van der Waals surface area contributed by atoms with Crippen molar-refractivity contribution in [3.8, 4) is 0 Å². The molecule has 6 heteroatoms. The fourth-order valence-electron chi connectivity index (χ4n) is 6.01. The second-order valence-corrected chi connectivity index (χ2v) is 11.0. The first kappa shape index (κ1) is 27.8. The van der Waals surface area contributed by atoms with E-state index in [-0.39, 0.29) is 35.6 Å². The number of aryl methyl sites for hydroxylation is 1. The van der Waals surface area contributed by atoms with Gasteiger partial charge in [-0.3, -0.25) is 14.6 Å². The first-order valence-electron chi connectivity index (χ1n) is 14.6. The summed E-state index contributed by atoms with van der Waals surface area (Å²) in [6.45, 7) is 2.82. The SMILES string of the molecule is CCCCCCN=C1CC(c2ccccc2)CC(=O)/C1=C(\O)CCc1noc2c1C(=O)CC(c1ccccc1)C2. The lowest BCUT2D eigenvalue weighted by Crippen LogP contribution is -2.27. The van der Waals surface area contributed by atoms with Crippen molar-refractivity contribution >= 4 is 17.3 Å². The third kappa shape index (κ3) is 6.33. The second kappa shape index (κ2) is 13.0. The van der Waals surface area contributed by atoms with Crippen molar-refractivity contribution in [1.82, 2.24) is 5.16 Å². The number of aromatic nitrogens is 1. The summed E-state index contributed by atoms with van der Waals surface area (Å²) in [6, 6.07) is 20.1. The van der Waals surface area contributed by atoms with Crippen molar-refractivity contribution in [2.75, 3.05) is 6.54 Å². The lowest BCUT2D eigenvalue weighted by atomic mass is 9.78. The Morgan fingerprint density at radius 3 is 2.20 bits per heavy atom. The van der Waals surface area contributed by atoms with E-state index in [1.807, 2.05) is 48.5 Å². The molecule has 1 aromatic heterocycles. The maximum Gasteiger partial charge on any atom is 0.168 e. The van der Waals surface area contributed by atoms with E-state index in [9.17, 15) is 14.7 Å². The van der Waals surface area contributed by atoms with Gasteiger partial charge in [0.2, 0.25) is 0 Å². The minimum Gasteiger partial charge on any atom is -0.511 e. The molecule has 208 valence electrons. The van der Waals surface area contributed by atoms with E-state index < -0.39 is 0 Å². The molecule has 0 radical (unpaired) electrons. The van der Waals surface area contributed by atoms with E-state index in [0.717, 1.165) is 36.8 Å². The number of hydrogen-bond donors (Lipinski definition) is 1. The van der Waals surface area contributed by atoms with Gasteiger partial charge in [0.1, 0.15) is 11.5 Å². The Kier molecular flexibility index (Phi) is 9.04. The molecule has 2 aliphatic rings. The molecule has 2 aromatic carbocycles. The summed E-state index contributed by atoms with van der Waals surface area (Å²) in [5.74, 6) is 0.719. The van der Waals surface area contributed by atoms with Gasteiger partial charge in [-0.1, -0.05) is 92.0 Å². The molecule has 2 atom stereocenters. The molecule has 2 unspecified atom stereocenters. The average molecular weight is 539 g/mol. The van der Waals surface area contributed by atoms with Gasteiger partial charge in [0.15, 0.2) is 11.6 Å². The van der Waals surface area contributed by atoms with Gasteiger partial charge < -0.3 is 9.63 Å². The number of aliphatic hydroxyl groups excluding tert-OH is 1. The molecule has 6 nitrogen and oxygen atoms in total. The van der Waals surface area contributed by atoms with Gasteiger partial charge >= 0.3 is 0 Å². The van der Waals surface area contributed by atoms with Gasteiger partial charge in [-0.25, -0.2) is 0 Å². The van der Waals surface area contributed by atoms with E-state index >= 15 is 0 Å². The molecule has 1 N–H and O–H groups in total. The molecular weight excluding hydrogens is 500 g/mol. The normalized spacial score (nSPS) is 21.5. The Morgan fingerprint density at radius 2 is 1.52 bits per heavy atom. The molecule has 3 aromatic rings. The number of rotatable bonds is 10. The number of carbonyl (C=O) groups is 2. The van der Waals surface area contributed by atoms with Gasteiger partial charge in [-0.05, 0) is 35.8 Å². The maximum absolute atomic E-state index is 13.4. The number of fused-ring (bicyclic) bond motifs is 1. The number of nitrogens with zero attached hydrogens (tertiary/aromatic N) is 2. The second-order valence-electron chi connectivity index (χ2n) is 11.0. The van der Waals surface area contributed by atoms with E-state index in [4.69, 9.17) is 9.52 Å². The molecule has 0 saturated heterocycles. The van der Waals surface area contributed by atoms with Crippen LogP contribution < -0.4 is 0 Å². The number of aliphatic hydroxyl groups is 1. The predicted octanol–water partition coefficient (Wildman–Crippen LogP) is 7.50. The summed E-state index contributed by atoms with van der Waals surface area (Å²) in [4.78, 5) is 31.4. The quantitative estimate of drug-likeness (QED) is 0.164. The van der Waals surface area contributed by atoms with Crippen LogP contribution in [0.15, 0.2) is 81.5 Å². The summed E-state index contributed by atoms with van der Waals surface area (Å²) in [7, 11) is 0. The molecule has 0 amide bonds. The van der Waals surface area contributed by atoms with Gasteiger partial charge in [-0.2, -0.15) is 0 Å². The highest BCUT2D eigenvalue weighted by Gasteiger charge is 2.34. The maximum atomic E-state index is 13.4. The van der Waals surface area contributed by atoms with E-state index in [1.165, 1.54) is 0 Å². The number of benzene rings is 2. The highest BCUT2D eigenvalue weighted by atomic mass is 16.5. The molecule has 1 saturated carbocycles. The first-order valence-corrected chi connectivity index (χ1v) is 14.6. The lowest BCUT2D eigenvalue weighted by Gasteiger charge is -2.26. The van der Waals surface area contributed by atoms with Crippen LogP contribution in [0.25, 0.3) is 0 Å². The lowest BCUT2D eigenvalue weighted by molar-refractivity contribution is -0.116. The van der Waals surface area contributed by atoms with Crippen LogP contribution >= 0.6 is 0 Å². The molecule has 40 heavy (non-hydrogen) atoms. The number of aliphatic imine (C=N–C) groups is 1. The first-order chi connectivity index (χ1) is 19.5. The molecule has 0 spiro atoms. The van der Waals surface area contributed by atoms with Crippen LogP contribution in [0, 0.1) is 0 Å². The number of allylic oxidation sites excluding steroid dienone is 2. The zero-order chi connectivity index (χ0) is 27.9. The number of hydrogen-bond acceptors (Lipinski definition) is 6. The largest absolute Gasteiger partial charge is 0.511 e. The van der Waals surface area contributed by atoms with Crippen molar-refractivity contribution in [2.24, 2.45) is 4.99 Å². The topological polar surface area (TPSA) is 92.8 Å². The van der Waals surface area contributed by atoms with Crippen molar-refractivity contribution < 1.29 is 19.2 Å². The third-order valence-electron chi connectivity index (χ3n) is 8.16. The van der Waals surface area contributed by atoms with Crippen LogP contribution in [-0.4, -0.2) is 34.1 Å². The molecule has 0 bridgehead atoms. The zero-order valence-corrected chi connectivity index (χ0v) is 23.3. The Balaban J connectivity index is 1.33. The summed E-state index contributed by atoms with van der Waals surface area (Å²) < 4.78 is 5.62. The minimum absolute atomic E-state index is 0.0206. The summed E-state index contributed by atoms with van der Waals surface area (Å²) in [5.41, 5.74) is 4.40. The van der Waals surface area contributed by atoms with Crippen LogP contribution in [-0.2, 0) is 17.6 Å². The van der Waals surface area contributed by atoms with Gasteiger partial charge in [-0.15, -0.1) is 0 Å². The molecule has 0 aliphatic heterocycles.